The number of methoxy groups -OCH3 is 1. The maximum absolute atomic E-state index is 8.97. The average molecular weight is 226 g/mol. The third-order valence-corrected chi connectivity index (χ3v) is 2.10. The van der Waals surface area contributed by atoms with Crippen LogP contribution in [0.4, 0.5) is 0 Å². The summed E-state index contributed by atoms with van der Waals surface area (Å²) in [4.78, 5) is 0. The highest BCUT2D eigenvalue weighted by Crippen LogP contribution is 2.20. The van der Waals surface area contributed by atoms with Crippen LogP contribution in [0.3, 0.4) is 0 Å². The summed E-state index contributed by atoms with van der Waals surface area (Å²) in [6.07, 6.45) is -9.84. The zero-order valence-corrected chi connectivity index (χ0v) is 8.56. The smallest absolute Gasteiger partial charge is 0.111 e. The highest BCUT2D eigenvalue weighted by molar-refractivity contribution is 4.98. The summed E-state index contributed by atoms with van der Waals surface area (Å²) in [7, 11) is 3.25. The number of hydrogen-bond acceptors (Lipinski definition) is 7. The van der Waals surface area contributed by atoms with Crippen LogP contribution in [0.1, 0.15) is 0 Å². The van der Waals surface area contributed by atoms with E-state index in [1.807, 2.05) is 0 Å². The minimum absolute atomic E-state index is 1.62. The lowest BCUT2D eigenvalue weighted by Crippen LogP contribution is -2.63. The third kappa shape index (κ3) is 3.35. The van der Waals surface area contributed by atoms with Crippen LogP contribution in [-0.4, -0.2) is 81.5 Å². The van der Waals surface area contributed by atoms with Gasteiger partial charge in [0.1, 0.15) is 36.6 Å². The molecule has 1 aliphatic carbocycles. The molecule has 15 heavy (non-hydrogen) atoms. The standard InChI is InChI=1S/C6H12O6.C2H6O/c7-1-2(8)4(10)6(12)5(11)3(1)9;1-3-2/h1-12H;1-2H3/t1-,2-,3-,4+,5-,6-;. The van der Waals surface area contributed by atoms with Crippen LogP contribution >= 0.6 is 0 Å². The normalized spacial score (nSPS) is 45.6. The lowest BCUT2D eigenvalue weighted by atomic mass is 9.85. The van der Waals surface area contributed by atoms with Crippen molar-refractivity contribution in [1.82, 2.24) is 0 Å². The van der Waals surface area contributed by atoms with E-state index in [0.717, 1.165) is 0 Å². The van der Waals surface area contributed by atoms with Gasteiger partial charge >= 0.3 is 0 Å². The first-order chi connectivity index (χ1) is 6.88. The number of aliphatic hydroxyl groups is 6. The van der Waals surface area contributed by atoms with Crippen LogP contribution in [-0.2, 0) is 4.74 Å². The second kappa shape index (κ2) is 6.33. The largest absolute Gasteiger partial charge is 0.388 e. The fourth-order valence-electron chi connectivity index (χ4n) is 1.21. The summed E-state index contributed by atoms with van der Waals surface area (Å²) < 4.78 is 4.25. The Morgan fingerprint density at radius 2 is 0.600 bits per heavy atom. The molecule has 0 spiro atoms. The van der Waals surface area contributed by atoms with Crippen molar-refractivity contribution in [2.45, 2.75) is 36.6 Å². The molecule has 0 aliphatic heterocycles. The highest BCUT2D eigenvalue weighted by atomic mass is 16.5. The maximum atomic E-state index is 8.97. The summed E-state index contributed by atoms with van der Waals surface area (Å²) in [6, 6.07) is 0. The Morgan fingerprint density at radius 1 is 0.533 bits per heavy atom. The van der Waals surface area contributed by atoms with E-state index in [1.54, 1.807) is 14.2 Å². The Hall–Kier alpha value is -0.280. The van der Waals surface area contributed by atoms with Crippen LogP contribution in [0.25, 0.3) is 0 Å². The quantitative estimate of drug-likeness (QED) is 0.252. The Bertz CT molecular complexity index is 118. The van der Waals surface area contributed by atoms with E-state index in [2.05, 4.69) is 4.74 Å². The molecule has 0 aromatic carbocycles. The first-order valence-electron chi connectivity index (χ1n) is 4.37. The van der Waals surface area contributed by atoms with Crippen LogP contribution in [0.5, 0.6) is 0 Å². The third-order valence-electron chi connectivity index (χ3n) is 2.10. The van der Waals surface area contributed by atoms with Crippen molar-refractivity contribution >= 4 is 0 Å². The zero-order valence-electron chi connectivity index (χ0n) is 8.56. The van der Waals surface area contributed by atoms with Gasteiger partial charge in [-0.1, -0.05) is 0 Å². The van der Waals surface area contributed by atoms with Crippen LogP contribution < -0.4 is 0 Å². The van der Waals surface area contributed by atoms with Gasteiger partial charge in [-0.25, -0.2) is 0 Å². The summed E-state index contributed by atoms with van der Waals surface area (Å²) in [5.41, 5.74) is 0. The fraction of sp³-hybridized carbons (Fsp3) is 1.00. The molecule has 0 amide bonds. The zero-order chi connectivity index (χ0) is 12.2. The summed E-state index contributed by atoms with van der Waals surface area (Å²) in [5.74, 6) is 0. The molecule has 0 aromatic rings. The van der Waals surface area contributed by atoms with Crippen LogP contribution in [0.2, 0.25) is 0 Å². The molecule has 1 aliphatic rings. The first-order valence-corrected chi connectivity index (χ1v) is 4.37. The molecule has 1 rings (SSSR count). The van der Waals surface area contributed by atoms with Gasteiger partial charge in [0.2, 0.25) is 0 Å². The topological polar surface area (TPSA) is 131 Å². The maximum Gasteiger partial charge on any atom is 0.111 e. The van der Waals surface area contributed by atoms with E-state index in [-0.39, 0.29) is 0 Å². The molecule has 0 aromatic heterocycles. The van der Waals surface area contributed by atoms with Crippen LogP contribution in [0.15, 0.2) is 0 Å². The van der Waals surface area contributed by atoms with Crippen molar-refractivity contribution in [3.63, 3.8) is 0 Å². The molecule has 1 saturated carbocycles. The summed E-state index contributed by atoms with van der Waals surface area (Å²) in [5, 5.41) is 53.8. The molecule has 0 radical (unpaired) electrons. The number of rotatable bonds is 0. The fourth-order valence-corrected chi connectivity index (χ4v) is 1.21. The van der Waals surface area contributed by atoms with Crippen molar-refractivity contribution in [3.05, 3.63) is 0 Å². The molecular weight excluding hydrogens is 208 g/mol. The second-order valence-electron chi connectivity index (χ2n) is 3.35. The molecule has 0 unspecified atom stereocenters. The summed E-state index contributed by atoms with van der Waals surface area (Å²) >= 11 is 0. The Labute approximate surface area is 87.2 Å². The lowest BCUT2D eigenvalue weighted by molar-refractivity contribution is -0.223. The molecular formula is C8H18O7. The van der Waals surface area contributed by atoms with Gasteiger partial charge in [-0.2, -0.15) is 0 Å². The summed E-state index contributed by atoms with van der Waals surface area (Å²) in [6.45, 7) is 0. The van der Waals surface area contributed by atoms with E-state index in [0.29, 0.717) is 0 Å². The minimum Gasteiger partial charge on any atom is -0.388 e. The van der Waals surface area contributed by atoms with Gasteiger partial charge in [-0.15, -0.1) is 0 Å². The monoisotopic (exact) mass is 226 g/mol. The number of ether oxygens (including phenoxy) is 1. The minimum atomic E-state index is -1.64. The van der Waals surface area contributed by atoms with Gasteiger partial charge in [0.05, 0.1) is 0 Å². The molecule has 0 saturated heterocycles. The van der Waals surface area contributed by atoms with Crippen molar-refractivity contribution in [1.29, 1.82) is 0 Å². The van der Waals surface area contributed by atoms with Crippen molar-refractivity contribution < 1.29 is 35.4 Å². The lowest BCUT2D eigenvalue weighted by Gasteiger charge is -2.39. The first kappa shape index (κ1) is 14.7. The van der Waals surface area contributed by atoms with Gasteiger partial charge in [-0.05, 0) is 0 Å². The van der Waals surface area contributed by atoms with E-state index in [4.69, 9.17) is 30.6 Å². The second-order valence-corrected chi connectivity index (χ2v) is 3.35. The SMILES string of the molecule is COC.O[C@H]1[C@H](O)[C@@H](O)[C@H](O)[C@@H](O)[C@H]1O. The molecule has 1 fully saturated rings. The van der Waals surface area contributed by atoms with E-state index in [1.165, 1.54) is 0 Å². The van der Waals surface area contributed by atoms with Gasteiger partial charge < -0.3 is 35.4 Å². The van der Waals surface area contributed by atoms with Crippen LogP contribution in [0, 0.1) is 0 Å². The van der Waals surface area contributed by atoms with Crippen molar-refractivity contribution in [2.24, 2.45) is 0 Å². The molecule has 7 nitrogen and oxygen atoms in total. The molecule has 7 heteroatoms. The predicted octanol–water partition coefficient (Wildman–Crippen LogP) is -3.57. The molecule has 0 bridgehead atoms. The van der Waals surface area contributed by atoms with Gasteiger partial charge in [0, 0.05) is 14.2 Å². The average Bonchev–Trinajstić information content (AvgIpc) is 2.22. The van der Waals surface area contributed by atoms with E-state index >= 15 is 0 Å². The molecule has 6 N–H and O–H groups in total. The van der Waals surface area contributed by atoms with Gasteiger partial charge in [0.15, 0.2) is 0 Å². The molecule has 0 heterocycles. The van der Waals surface area contributed by atoms with Crippen molar-refractivity contribution in [2.75, 3.05) is 14.2 Å². The van der Waals surface area contributed by atoms with E-state index in [9.17, 15) is 0 Å². The molecule has 0 atom stereocenters. The highest BCUT2D eigenvalue weighted by Gasteiger charge is 2.47. The number of hydrogen-bond donors (Lipinski definition) is 6. The van der Waals surface area contributed by atoms with Gasteiger partial charge in [-0.3, -0.25) is 0 Å². The predicted molar refractivity (Wildman–Crippen MR) is 49.0 cm³/mol. The van der Waals surface area contributed by atoms with Crippen molar-refractivity contribution in [3.8, 4) is 0 Å². The Balaban J connectivity index is 0.000000583. The molecule has 92 valence electrons. The number of aliphatic hydroxyl groups excluding tert-OH is 6. The van der Waals surface area contributed by atoms with Gasteiger partial charge in [0.25, 0.3) is 0 Å². The Morgan fingerprint density at radius 3 is 0.667 bits per heavy atom. The Kier molecular flexibility index (Phi) is 6.22. The van der Waals surface area contributed by atoms with E-state index < -0.39 is 36.6 Å².